The van der Waals surface area contributed by atoms with Gasteiger partial charge in [0.1, 0.15) is 13.6 Å². The molecule has 2 aliphatic carbocycles. The molecule has 4 rings (SSSR count). The molecule has 188 valence electrons. The Morgan fingerprint density at radius 3 is 2.11 bits per heavy atom. The maximum Gasteiger partial charge on any atom is 0.330 e. The van der Waals surface area contributed by atoms with E-state index in [1.54, 1.807) is 18.2 Å². The number of carbonyl (C=O) groups excluding carboxylic acids is 2. The SMILES string of the molecule is [B]c1ccc(CCOC(=O)/C=C/c2ccc(OC(=O)C3CCC(C4CCC(C)CC4)CC3)cc2)cc1. The summed E-state index contributed by atoms with van der Waals surface area (Å²) in [6.07, 6.45) is 13.4. The highest BCUT2D eigenvalue weighted by Crippen LogP contribution is 2.41. The molecule has 0 bridgehead atoms. The Labute approximate surface area is 216 Å². The first kappa shape index (κ1) is 26.3. The van der Waals surface area contributed by atoms with Crippen LogP contribution in [0.5, 0.6) is 5.75 Å². The summed E-state index contributed by atoms with van der Waals surface area (Å²) in [6.45, 7) is 2.68. The van der Waals surface area contributed by atoms with Crippen LogP contribution in [0.2, 0.25) is 0 Å². The molecule has 2 radical (unpaired) electrons. The number of hydrogen-bond donors (Lipinski definition) is 0. The molecule has 0 amide bonds. The quantitative estimate of drug-likeness (QED) is 0.205. The van der Waals surface area contributed by atoms with E-state index in [0.717, 1.165) is 54.6 Å². The van der Waals surface area contributed by atoms with Gasteiger partial charge in [0.05, 0.1) is 12.5 Å². The van der Waals surface area contributed by atoms with Gasteiger partial charge in [-0.3, -0.25) is 4.79 Å². The molecule has 4 nitrogen and oxygen atoms in total. The van der Waals surface area contributed by atoms with E-state index in [4.69, 9.17) is 17.3 Å². The van der Waals surface area contributed by atoms with Gasteiger partial charge < -0.3 is 9.47 Å². The van der Waals surface area contributed by atoms with Gasteiger partial charge in [0.2, 0.25) is 0 Å². The van der Waals surface area contributed by atoms with E-state index < -0.39 is 0 Å². The molecule has 2 fully saturated rings. The number of rotatable bonds is 8. The topological polar surface area (TPSA) is 52.6 Å². The third-order valence-corrected chi connectivity index (χ3v) is 7.96. The summed E-state index contributed by atoms with van der Waals surface area (Å²) in [4.78, 5) is 24.7. The van der Waals surface area contributed by atoms with Crippen molar-refractivity contribution in [1.29, 1.82) is 0 Å². The summed E-state index contributed by atoms with van der Waals surface area (Å²) in [6, 6.07) is 14.7. The second-order valence-electron chi connectivity index (χ2n) is 10.6. The van der Waals surface area contributed by atoms with Crippen LogP contribution in [-0.4, -0.2) is 26.4 Å². The monoisotopic (exact) mass is 484 g/mol. The van der Waals surface area contributed by atoms with Crippen LogP contribution >= 0.6 is 0 Å². The van der Waals surface area contributed by atoms with E-state index in [2.05, 4.69) is 6.92 Å². The van der Waals surface area contributed by atoms with Gasteiger partial charge in [-0.05, 0) is 85.6 Å². The van der Waals surface area contributed by atoms with Gasteiger partial charge >= 0.3 is 11.9 Å². The van der Waals surface area contributed by atoms with E-state index in [1.165, 1.54) is 31.8 Å². The molecular weight excluding hydrogens is 447 g/mol. The van der Waals surface area contributed by atoms with Crippen LogP contribution < -0.4 is 10.2 Å². The second kappa shape index (κ2) is 12.9. The third-order valence-electron chi connectivity index (χ3n) is 7.96. The van der Waals surface area contributed by atoms with Gasteiger partial charge in [-0.25, -0.2) is 4.79 Å². The first-order valence-electron chi connectivity index (χ1n) is 13.5. The van der Waals surface area contributed by atoms with Crippen molar-refractivity contribution in [3.8, 4) is 5.75 Å². The Hall–Kier alpha value is -2.82. The van der Waals surface area contributed by atoms with E-state index in [-0.39, 0.29) is 17.9 Å². The van der Waals surface area contributed by atoms with Crippen molar-refractivity contribution in [2.24, 2.45) is 23.7 Å². The van der Waals surface area contributed by atoms with Crippen molar-refractivity contribution in [3.63, 3.8) is 0 Å². The lowest BCUT2D eigenvalue weighted by molar-refractivity contribution is -0.140. The average Bonchev–Trinajstić information content (AvgIpc) is 2.90. The zero-order chi connectivity index (χ0) is 25.3. The van der Waals surface area contributed by atoms with Crippen molar-refractivity contribution < 1.29 is 19.1 Å². The minimum absolute atomic E-state index is 0.00588. The maximum atomic E-state index is 12.7. The number of carbonyl (C=O) groups is 2. The van der Waals surface area contributed by atoms with Crippen LogP contribution in [0.4, 0.5) is 0 Å². The molecule has 0 heterocycles. The molecule has 2 aromatic carbocycles. The molecule has 2 saturated carbocycles. The van der Waals surface area contributed by atoms with E-state index in [9.17, 15) is 9.59 Å². The van der Waals surface area contributed by atoms with Gasteiger partial charge in [0, 0.05) is 12.5 Å². The summed E-state index contributed by atoms with van der Waals surface area (Å²) < 4.78 is 10.9. The van der Waals surface area contributed by atoms with Crippen LogP contribution in [0.1, 0.15) is 69.4 Å². The number of ether oxygens (including phenoxy) is 2. The van der Waals surface area contributed by atoms with Crippen LogP contribution in [-0.2, 0) is 20.7 Å². The Morgan fingerprint density at radius 2 is 1.47 bits per heavy atom. The largest absolute Gasteiger partial charge is 0.462 e. The van der Waals surface area contributed by atoms with Crippen molar-refractivity contribution in [3.05, 3.63) is 65.7 Å². The summed E-state index contributed by atoms with van der Waals surface area (Å²) in [5.41, 5.74) is 2.62. The van der Waals surface area contributed by atoms with Crippen LogP contribution in [0.15, 0.2) is 54.6 Å². The fourth-order valence-corrected chi connectivity index (χ4v) is 5.60. The molecule has 0 N–H and O–H groups in total. The summed E-state index contributed by atoms with van der Waals surface area (Å²) in [5.74, 6) is 2.59. The molecule has 0 aliphatic heterocycles. The van der Waals surface area contributed by atoms with Crippen molar-refractivity contribution >= 4 is 31.3 Å². The zero-order valence-electron chi connectivity index (χ0n) is 21.4. The van der Waals surface area contributed by atoms with Gasteiger partial charge in [0.15, 0.2) is 0 Å². The normalized spacial score (nSPS) is 24.4. The van der Waals surface area contributed by atoms with E-state index in [0.29, 0.717) is 24.2 Å². The number of esters is 2. The average molecular weight is 484 g/mol. The van der Waals surface area contributed by atoms with Crippen molar-refractivity contribution in [2.45, 2.75) is 64.7 Å². The highest BCUT2D eigenvalue weighted by atomic mass is 16.5. The maximum absolute atomic E-state index is 12.7. The first-order valence-corrected chi connectivity index (χ1v) is 13.5. The number of benzene rings is 2. The summed E-state index contributed by atoms with van der Waals surface area (Å²) >= 11 is 0. The predicted octanol–water partition coefficient (Wildman–Crippen LogP) is 5.82. The highest BCUT2D eigenvalue weighted by Gasteiger charge is 2.33. The minimum atomic E-state index is -0.390. The summed E-state index contributed by atoms with van der Waals surface area (Å²) in [5, 5.41) is 0. The molecule has 0 spiro atoms. The Balaban J connectivity index is 1.16. The molecule has 0 saturated heterocycles. The van der Waals surface area contributed by atoms with Gasteiger partial charge in [-0.2, -0.15) is 0 Å². The molecule has 36 heavy (non-hydrogen) atoms. The molecule has 5 heteroatoms. The zero-order valence-corrected chi connectivity index (χ0v) is 21.4. The smallest absolute Gasteiger partial charge is 0.330 e. The van der Waals surface area contributed by atoms with Gasteiger partial charge in [-0.15, -0.1) is 0 Å². The molecule has 2 aromatic rings. The fraction of sp³-hybridized carbons (Fsp3) is 0.484. The van der Waals surface area contributed by atoms with Crippen molar-refractivity contribution in [2.75, 3.05) is 6.61 Å². The molecule has 0 atom stereocenters. The minimum Gasteiger partial charge on any atom is -0.462 e. The summed E-state index contributed by atoms with van der Waals surface area (Å²) in [7, 11) is 5.68. The lowest BCUT2D eigenvalue weighted by Gasteiger charge is -2.36. The highest BCUT2D eigenvalue weighted by molar-refractivity contribution is 6.32. The first-order chi connectivity index (χ1) is 17.5. The van der Waals surface area contributed by atoms with Crippen LogP contribution in [0, 0.1) is 23.7 Å². The second-order valence-corrected chi connectivity index (χ2v) is 10.6. The Kier molecular flexibility index (Phi) is 9.44. The van der Waals surface area contributed by atoms with E-state index in [1.807, 2.05) is 36.4 Å². The molecule has 2 aliphatic rings. The molecule has 0 unspecified atom stereocenters. The number of hydrogen-bond acceptors (Lipinski definition) is 4. The van der Waals surface area contributed by atoms with Gasteiger partial charge in [-0.1, -0.05) is 61.6 Å². The molecular formula is C31H37BO4. The standard InChI is InChI=1S/C31H37BO4/c1-22-2-9-25(10-3-22)26-11-13-27(14-12-26)31(34)36-29-17-6-23(7-18-29)8-19-30(33)35-21-20-24-4-15-28(32)16-5-24/h4-8,15-19,22,25-27H,2-3,9-14,20-21H2,1H3/b19-8+. The van der Waals surface area contributed by atoms with Crippen molar-refractivity contribution in [1.82, 2.24) is 0 Å². The van der Waals surface area contributed by atoms with E-state index >= 15 is 0 Å². The predicted molar refractivity (Wildman–Crippen MR) is 144 cm³/mol. The van der Waals surface area contributed by atoms with Gasteiger partial charge in [0.25, 0.3) is 0 Å². The van der Waals surface area contributed by atoms with Crippen LogP contribution in [0.25, 0.3) is 6.08 Å². The Morgan fingerprint density at radius 1 is 0.861 bits per heavy atom. The third kappa shape index (κ3) is 7.84. The Bertz CT molecular complexity index is 1010. The fourth-order valence-electron chi connectivity index (χ4n) is 5.60. The molecule has 0 aromatic heterocycles. The lowest BCUT2D eigenvalue weighted by atomic mass is 9.69. The van der Waals surface area contributed by atoms with Crippen LogP contribution in [0.3, 0.4) is 0 Å². The lowest BCUT2D eigenvalue weighted by Crippen LogP contribution is -2.29.